The van der Waals surface area contributed by atoms with Gasteiger partial charge in [0.05, 0.1) is 10.3 Å². The molecule has 0 aromatic carbocycles. The Hall–Kier alpha value is 0.760. The van der Waals surface area contributed by atoms with Gasteiger partial charge in [-0.25, -0.2) is 0 Å². The predicted octanol–water partition coefficient (Wildman–Crippen LogP) is 5.35. The van der Waals surface area contributed by atoms with Crippen molar-refractivity contribution in [3.63, 3.8) is 0 Å². The number of hydrogen-bond acceptors (Lipinski definition) is 0. The normalized spacial score (nSPS) is 20.3. The molecule has 0 aromatic heterocycles. The van der Waals surface area contributed by atoms with E-state index in [4.69, 9.17) is 23.2 Å². The highest BCUT2D eigenvalue weighted by Crippen LogP contribution is 2.27. The molecule has 0 heterocycles. The summed E-state index contributed by atoms with van der Waals surface area (Å²) >= 11 is 18.7. The molecule has 0 bridgehead atoms. The van der Waals surface area contributed by atoms with Crippen LogP contribution >= 0.6 is 55.1 Å². The maximum absolute atomic E-state index is 6.18. The molecule has 0 fully saturated rings. The van der Waals surface area contributed by atoms with Crippen molar-refractivity contribution < 1.29 is 0 Å². The predicted molar refractivity (Wildman–Crippen MR) is 73.8 cm³/mol. The molecule has 0 aliphatic carbocycles. The maximum atomic E-state index is 6.18. The van der Waals surface area contributed by atoms with Gasteiger partial charge in [-0.05, 0) is 29.4 Å². The second-order valence-electron chi connectivity index (χ2n) is 3.06. The fourth-order valence-corrected chi connectivity index (χ4v) is 1.81. The summed E-state index contributed by atoms with van der Waals surface area (Å²) in [5, 5.41) is -0.250. The molecule has 0 saturated carbocycles. The molecule has 0 amide bonds. The Morgan fingerprint density at radius 1 is 1.43 bits per heavy atom. The van der Waals surface area contributed by atoms with Gasteiger partial charge in [0.15, 0.2) is 0 Å². The third kappa shape index (κ3) is 5.59. The van der Waals surface area contributed by atoms with Crippen LogP contribution in [0, 0.1) is 0 Å². The van der Waals surface area contributed by atoms with Crippen molar-refractivity contribution in [2.75, 3.05) is 0 Å². The highest BCUT2D eigenvalue weighted by molar-refractivity contribution is 9.11. The molecule has 0 rings (SSSR count). The zero-order valence-electron chi connectivity index (χ0n) is 7.98. The Bertz CT molecular complexity index is 255. The van der Waals surface area contributed by atoms with Crippen LogP contribution < -0.4 is 0 Å². The fourth-order valence-electron chi connectivity index (χ4n) is 0.676. The zero-order chi connectivity index (χ0) is 11.2. The standard InChI is InChI=1S/C10H12Br2Cl2/c1-8(7-12)3-4-9(13)10(2,14)5-6-11/h3-7,9H,1-2H3/b4-3+,6-5+,8-7-/t9-,10+/m1/s1. The van der Waals surface area contributed by atoms with Crippen LogP contribution in [0.1, 0.15) is 13.8 Å². The second-order valence-corrected chi connectivity index (χ2v) is 5.33. The largest absolute Gasteiger partial charge is 0.116 e. The van der Waals surface area contributed by atoms with Crippen molar-refractivity contribution >= 4 is 55.1 Å². The lowest BCUT2D eigenvalue weighted by Gasteiger charge is -2.20. The van der Waals surface area contributed by atoms with Crippen molar-refractivity contribution in [1.82, 2.24) is 0 Å². The van der Waals surface area contributed by atoms with Gasteiger partial charge in [-0.3, -0.25) is 0 Å². The van der Waals surface area contributed by atoms with E-state index in [2.05, 4.69) is 31.9 Å². The van der Waals surface area contributed by atoms with Gasteiger partial charge < -0.3 is 0 Å². The number of rotatable bonds is 4. The van der Waals surface area contributed by atoms with Crippen molar-refractivity contribution in [1.29, 1.82) is 0 Å². The van der Waals surface area contributed by atoms with Gasteiger partial charge in [0, 0.05) is 0 Å². The number of hydrogen-bond donors (Lipinski definition) is 0. The lowest BCUT2D eigenvalue weighted by atomic mass is 10.1. The van der Waals surface area contributed by atoms with Gasteiger partial charge in [0.2, 0.25) is 0 Å². The van der Waals surface area contributed by atoms with E-state index in [1.165, 1.54) is 0 Å². The Morgan fingerprint density at radius 2 is 2.00 bits per heavy atom. The first kappa shape index (κ1) is 14.8. The summed E-state index contributed by atoms with van der Waals surface area (Å²) in [6.45, 7) is 3.84. The first-order valence-corrected chi connectivity index (χ1v) is 6.64. The average molecular weight is 363 g/mol. The van der Waals surface area contributed by atoms with Crippen molar-refractivity contribution in [2.24, 2.45) is 0 Å². The number of halogens is 4. The Kier molecular flexibility index (Phi) is 7.49. The van der Waals surface area contributed by atoms with Crippen molar-refractivity contribution in [3.05, 3.63) is 33.8 Å². The number of alkyl halides is 2. The average Bonchev–Trinajstić information content (AvgIpc) is 2.13. The van der Waals surface area contributed by atoms with E-state index < -0.39 is 4.87 Å². The summed E-state index contributed by atoms with van der Waals surface area (Å²) in [4.78, 5) is 2.98. The molecule has 0 aliphatic heterocycles. The second kappa shape index (κ2) is 7.10. The molecule has 0 unspecified atom stereocenters. The van der Waals surface area contributed by atoms with Gasteiger partial charge in [-0.15, -0.1) is 23.2 Å². The summed E-state index contributed by atoms with van der Waals surface area (Å²) in [5.74, 6) is 0. The van der Waals surface area contributed by atoms with Crippen LogP contribution in [-0.2, 0) is 0 Å². The first-order valence-electron chi connectivity index (χ1n) is 4.00. The van der Waals surface area contributed by atoms with Crippen LogP contribution in [0.5, 0.6) is 0 Å². The quantitative estimate of drug-likeness (QED) is 0.467. The minimum Gasteiger partial charge on any atom is -0.116 e. The monoisotopic (exact) mass is 360 g/mol. The van der Waals surface area contributed by atoms with E-state index >= 15 is 0 Å². The minimum absolute atomic E-state index is 0.250. The lowest BCUT2D eigenvalue weighted by Crippen LogP contribution is -2.24. The molecular formula is C10H12Br2Cl2. The molecule has 0 radical (unpaired) electrons. The Labute approximate surface area is 112 Å². The SMILES string of the molecule is CC(=C/Br)/C=C/[C@@H](Cl)[C@@](C)(Cl)/C=C/Br. The molecule has 4 heteroatoms. The van der Waals surface area contributed by atoms with Crippen LogP contribution in [0.15, 0.2) is 33.8 Å². The smallest absolute Gasteiger partial charge is 0.0804 e. The molecule has 80 valence electrons. The highest BCUT2D eigenvalue weighted by atomic mass is 79.9. The van der Waals surface area contributed by atoms with Crippen molar-refractivity contribution in [2.45, 2.75) is 24.1 Å². The topological polar surface area (TPSA) is 0 Å². The van der Waals surface area contributed by atoms with Crippen LogP contribution in [0.25, 0.3) is 0 Å². The summed E-state index contributed by atoms with van der Waals surface area (Å²) in [6, 6.07) is 0. The van der Waals surface area contributed by atoms with E-state index in [-0.39, 0.29) is 5.38 Å². The molecule has 0 aliphatic rings. The molecule has 0 aromatic rings. The first-order chi connectivity index (χ1) is 6.44. The van der Waals surface area contributed by atoms with Crippen LogP contribution in [0.4, 0.5) is 0 Å². The van der Waals surface area contributed by atoms with Gasteiger partial charge in [0.1, 0.15) is 0 Å². The van der Waals surface area contributed by atoms with Crippen LogP contribution in [-0.4, -0.2) is 10.3 Å². The van der Waals surface area contributed by atoms with Crippen molar-refractivity contribution in [3.8, 4) is 0 Å². The summed E-state index contributed by atoms with van der Waals surface area (Å²) in [7, 11) is 0. The maximum Gasteiger partial charge on any atom is 0.0804 e. The Morgan fingerprint density at radius 3 is 2.43 bits per heavy atom. The highest BCUT2D eigenvalue weighted by Gasteiger charge is 2.25. The van der Waals surface area contributed by atoms with Gasteiger partial charge >= 0.3 is 0 Å². The minimum atomic E-state index is -0.575. The molecule has 0 saturated heterocycles. The summed E-state index contributed by atoms with van der Waals surface area (Å²) in [5.41, 5.74) is 1.09. The lowest BCUT2D eigenvalue weighted by molar-refractivity contribution is 0.800. The fraction of sp³-hybridized carbons (Fsp3) is 0.400. The third-order valence-corrected chi connectivity index (χ3v) is 3.69. The van der Waals surface area contributed by atoms with E-state index in [0.29, 0.717) is 0 Å². The molecule has 0 nitrogen and oxygen atoms in total. The molecule has 14 heavy (non-hydrogen) atoms. The van der Waals surface area contributed by atoms with Gasteiger partial charge in [-0.2, -0.15) is 0 Å². The van der Waals surface area contributed by atoms with E-state index in [1.807, 2.05) is 37.1 Å². The van der Waals surface area contributed by atoms with Gasteiger partial charge in [0.25, 0.3) is 0 Å². The molecule has 2 atom stereocenters. The summed E-state index contributed by atoms with van der Waals surface area (Å²) in [6.07, 6.45) is 5.60. The van der Waals surface area contributed by atoms with E-state index in [1.54, 1.807) is 4.99 Å². The third-order valence-electron chi connectivity index (χ3n) is 1.63. The van der Waals surface area contributed by atoms with Gasteiger partial charge in [-0.1, -0.05) is 50.1 Å². The van der Waals surface area contributed by atoms with Crippen LogP contribution in [0.3, 0.4) is 0 Å². The van der Waals surface area contributed by atoms with Crippen LogP contribution in [0.2, 0.25) is 0 Å². The molecular weight excluding hydrogens is 351 g/mol. The number of allylic oxidation sites excluding steroid dienone is 4. The zero-order valence-corrected chi connectivity index (χ0v) is 12.7. The Balaban J connectivity index is 4.48. The van der Waals surface area contributed by atoms with E-state index in [0.717, 1.165) is 5.57 Å². The molecule has 0 spiro atoms. The van der Waals surface area contributed by atoms with E-state index in [9.17, 15) is 0 Å². The molecule has 0 N–H and O–H groups in total. The summed E-state index contributed by atoms with van der Waals surface area (Å²) < 4.78 is 0.